The van der Waals surface area contributed by atoms with Crippen molar-refractivity contribution in [2.45, 2.75) is 58.4 Å². The van der Waals surface area contributed by atoms with Crippen molar-refractivity contribution < 1.29 is 18.3 Å². The molecule has 0 radical (unpaired) electrons. The van der Waals surface area contributed by atoms with E-state index in [1.165, 1.54) is 0 Å². The number of carboxylic acid groups (broad SMARTS) is 1. The zero-order chi connectivity index (χ0) is 13.8. The fraction of sp³-hybridized carbons (Fsp3) is 0.917. The lowest BCUT2D eigenvalue weighted by molar-refractivity contribution is -0.137. The van der Waals surface area contributed by atoms with Crippen molar-refractivity contribution in [3.63, 3.8) is 0 Å². The van der Waals surface area contributed by atoms with Gasteiger partial charge in [0.15, 0.2) is 0 Å². The van der Waals surface area contributed by atoms with Gasteiger partial charge in [-0.3, -0.25) is 4.79 Å². The van der Waals surface area contributed by atoms with Crippen molar-refractivity contribution in [3.05, 3.63) is 0 Å². The number of carbonyl (C=O) groups is 1. The molecule has 1 rings (SSSR count). The topological polar surface area (TPSA) is 83.5 Å². The van der Waals surface area contributed by atoms with E-state index in [4.69, 9.17) is 5.11 Å². The number of hydrogen-bond acceptors (Lipinski definition) is 3. The summed E-state index contributed by atoms with van der Waals surface area (Å²) in [7, 11) is -3.34. The summed E-state index contributed by atoms with van der Waals surface area (Å²) >= 11 is 0. The van der Waals surface area contributed by atoms with Gasteiger partial charge in [0.25, 0.3) is 0 Å². The predicted octanol–water partition coefficient (Wildman–Crippen LogP) is 1.74. The van der Waals surface area contributed by atoms with Gasteiger partial charge in [0.1, 0.15) is 0 Å². The minimum absolute atomic E-state index is 0.00331. The second-order valence-corrected chi connectivity index (χ2v) is 7.76. The molecule has 0 aromatic heterocycles. The highest BCUT2D eigenvalue weighted by Gasteiger charge is 2.30. The normalized spacial score (nSPS) is 23.8. The molecular weight excluding hydrogens is 254 g/mol. The van der Waals surface area contributed by atoms with Crippen molar-refractivity contribution >= 4 is 16.0 Å². The van der Waals surface area contributed by atoms with E-state index in [-0.39, 0.29) is 30.1 Å². The van der Waals surface area contributed by atoms with Gasteiger partial charge in [-0.05, 0) is 31.1 Å². The fourth-order valence-corrected chi connectivity index (χ4v) is 3.88. The van der Waals surface area contributed by atoms with Crippen LogP contribution in [-0.4, -0.2) is 31.3 Å². The first-order valence-corrected chi connectivity index (χ1v) is 8.07. The Bertz CT molecular complexity index is 389. The molecule has 1 unspecified atom stereocenters. The molecule has 106 valence electrons. The highest BCUT2D eigenvalue weighted by Crippen LogP contribution is 2.35. The van der Waals surface area contributed by atoms with Crippen molar-refractivity contribution in [1.29, 1.82) is 0 Å². The van der Waals surface area contributed by atoms with Crippen LogP contribution in [0.15, 0.2) is 0 Å². The third-order valence-corrected chi connectivity index (χ3v) is 4.87. The maximum absolute atomic E-state index is 11.8. The van der Waals surface area contributed by atoms with Crippen LogP contribution in [0.4, 0.5) is 0 Å². The fourth-order valence-electron chi connectivity index (χ4n) is 2.53. The van der Waals surface area contributed by atoms with Gasteiger partial charge in [-0.15, -0.1) is 0 Å². The Balaban J connectivity index is 2.42. The molecule has 18 heavy (non-hydrogen) atoms. The summed E-state index contributed by atoms with van der Waals surface area (Å²) in [5.41, 5.74) is 0.187. The highest BCUT2D eigenvalue weighted by atomic mass is 32.2. The highest BCUT2D eigenvalue weighted by molar-refractivity contribution is 7.89. The Labute approximate surface area is 109 Å². The third-order valence-electron chi connectivity index (χ3n) is 3.36. The maximum atomic E-state index is 11.8. The summed E-state index contributed by atoms with van der Waals surface area (Å²) in [4.78, 5) is 10.3. The summed E-state index contributed by atoms with van der Waals surface area (Å²) in [5, 5.41) is 8.49. The monoisotopic (exact) mass is 277 g/mol. The molecule has 1 aliphatic rings. The van der Waals surface area contributed by atoms with E-state index in [0.29, 0.717) is 0 Å². The van der Waals surface area contributed by atoms with Crippen molar-refractivity contribution in [3.8, 4) is 0 Å². The second kappa shape index (κ2) is 6.02. The van der Waals surface area contributed by atoms with Crippen LogP contribution in [0.2, 0.25) is 0 Å². The van der Waals surface area contributed by atoms with Gasteiger partial charge >= 0.3 is 5.97 Å². The lowest BCUT2D eigenvalue weighted by atomic mass is 9.75. The predicted molar refractivity (Wildman–Crippen MR) is 69.8 cm³/mol. The van der Waals surface area contributed by atoms with Crippen LogP contribution in [0.1, 0.15) is 52.4 Å². The average Bonchev–Trinajstić information content (AvgIpc) is 2.13. The van der Waals surface area contributed by atoms with Gasteiger partial charge in [0.05, 0.1) is 5.75 Å². The standard InChI is InChI=1S/C12H23NO4S/c1-12(2)7-3-5-10(9-12)13-18(16,17)8-4-6-11(14)15/h10,13H,3-9H2,1-2H3,(H,14,15). The second-order valence-electron chi connectivity index (χ2n) is 5.89. The van der Waals surface area contributed by atoms with Crippen LogP contribution in [0, 0.1) is 5.41 Å². The zero-order valence-corrected chi connectivity index (χ0v) is 11.9. The van der Waals surface area contributed by atoms with E-state index < -0.39 is 16.0 Å². The Morgan fingerprint density at radius 2 is 2.11 bits per heavy atom. The molecule has 1 aliphatic carbocycles. The molecule has 0 aromatic carbocycles. The van der Waals surface area contributed by atoms with Crippen LogP contribution in [0.3, 0.4) is 0 Å². The van der Waals surface area contributed by atoms with E-state index in [1.807, 2.05) is 0 Å². The van der Waals surface area contributed by atoms with E-state index >= 15 is 0 Å². The molecule has 0 bridgehead atoms. The number of nitrogens with one attached hydrogen (secondary N) is 1. The molecule has 0 aliphatic heterocycles. The first kappa shape index (κ1) is 15.4. The van der Waals surface area contributed by atoms with Crippen LogP contribution in [0.25, 0.3) is 0 Å². The van der Waals surface area contributed by atoms with E-state index in [0.717, 1.165) is 25.7 Å². The van der Waals surface area contributed by atoms with Gasteiger partial charge in [-0.25, -0.2) is 13.1 Å². The van der Waals surface area contributed by atoms with Gasteiger partial charge < -0.3 is 5.11 Å². The molecule has 0 saturated heterocycles. The quantitative estimate of drug-likeness (QED) is 0.774. The lowest BCUT2D eigenvalue weighted by Crippen LogP contribution is -2.41. The number of carboxylic acids is 1. The summed E-state index contributed by atoms with van der Waals surface area (Å²) in [6.45, 7) is 4.30. The van der Waals surface area contributed by atoms with Crippen LogP contribution < -0.4 is 4.72 Å². The molecule has 6 heteroatoms. The van der Waals surface area contributed by atoms with E-state index in [1.54, 1.807) is 0 Å². The third kappa shape index (κ3) is 5.82. The minimum atomic E-state index is -3.34. The van der Waals surface area contributed by atoms with Crippen molar-refractivity contribution in [2.24, 2.45) is 5.41 Å². The molecule has 5 nitrogen and oxygen atoms in total. The Morgan fingerprint density at radius 1 is 1.44 bits per heavy atom. The van der Waals surface area contributed by atoms with Crippen LogP contribution in [-0.2, 0) is 14.8 Å². The molecule has 1 fully saturated rings. The molecule has 0 amide bonds. The molecule has 1 saturated carbocycles. The molecular formula is C12H23NO4S. The molecule has 0 heterocycles. The van der Waals surface area contributed by atoms with Gasteiger partial charge in [0.2, 0.25) is 10.0 Å². The van der Waals surface area contributed by atoms with Gasteiger partial charge in [-0.1, -0.05) is 20.3 Å². The summed E-state index contributed by atoms with van der Waals surface area (Å²) in [5.74, 6) is -1.06. The van der Waals surface area contributed by atoms with Gasteiger partial charge in [-0.2, -0.15) is 0 Å². The summed E-state index contributed by atoms with van der Waals surface area (Å²) < 4.78 is 26.3. The van der Waals surface area contributed by atoms with E-state index in [9.17, 15) is 13.2 Å². The number of aliphatic carboxylic acids is 1. The van der Waals surface area contributed by atoms with Gasteiger partial charge in [0, 0.05) is 12.5 Å². The zero-order valence-electron chi connectivity index (χ0n) is 11.1. The number of sulfonamides is 1. The molecule has 1 atom stereocenters. The largest absolute Gasteiger partial charge is 0.481 e. The maximum Gasteiger partial charge on any atom is 0.303 e. The van der Waals surface area contributed by atoms with Crippen LogP contribution >= 0.6 is 0 Å². The SMILES string of the molecule is CC1(C)CCCC(NS(=O)(=O)CCCC(=O)O)C1. The van der Waals surface area contributed by atoms with Crippen molar-refractivity contribution in [2.75, 3.05) is 5.75 Å². The molecule has 2 N–H and O–H groups in total. The number of rotatable bonds is 6. The Morgan fingerprint density at radius 3 is 2.67 bits per heavy atom. The Hall–Kier alpha value is -0.620. The lowest BCUT2D eigenvalue weighted by Gasteiger charge is -2.35. The first-order chi connectivity index (χ1) is 8.20. The van der Waals surface area contributed by atoms with E-state index in [2.05, 4.69) is 18.6 Å². The minimum Gasteiger partial charge on any atom is -0.481 e. The number of hydrogen-bond donors (Lipinski definition) is 2. The first-order valence-electron chi connectivity index (χ1n) is 6.42. The Kier molecular flexibility index (Phi) is 5.16. The summed E-state index contributed by atoms with van der Waals surface area (Å²) in [6.07, 6.45) is 3.96. The summed E-state index contributed by atoms with van der Waals surface area (Å²) in [6, 6.07) is 0.00331. The van der Waals surface area contributed by atoms with Crippen LogP contribution in [0.5, 0.6) is 0 Å². The molecule has 0 aromatic rings. The molecule has 0 spiro atoms. The smallest absolute Gasteiger partial charge is 0.303 e. The average molecular weight is 277 g/mol. The van der Waals surface area contributed by atoms with Crippen molar-refractivity contribution in [1.82, 2.24) is 4.72 Å².